The first-order valence-corrected chi connectivity index (χ1v) is 6.71. The van der Waals surface area contributed by atoms with E-state index in [9.17, 15) is 0 Å². The molecule has 1 aromatic rings. The Bertz CT molecular complexity index is 418. The van der Waals surface area contributed by atoms with Crippen LogP contribution in [0.2, 0.25) is 0 Å². The van der Waals surface area contributed by atoms with E-state index < -0.39 is 0 Å². The van der Waals surface area contributed by atoms with Gasteiger partial charge in [-0.25, -0.2) is 0 Å². The summed E-state index contributed by atoms with van der Waals surface area (Å²) in [6.45, 7) is 5.58. The van der Waals surface area contributed by atoms with E-state index in [1.54, 1.807) is 6.07 Å². The van der Waals surface area contributed by atoms with Gasteiger partial charge in [0.2, 0.25) is 0 Å². The van der Waals surface area contributed by atoms with Crippen molar-refractivity contribution < 1.29 is 0 Å². The monoisotopic (exact) mass is 244 g/mol. The summed E-state index contributed by atoms with van der Waals surface area (Å²) < 4.78 is 0. The van der Waals surface area contributed by atoms with Gasteiger partial charge in [-0.1, -0.05) is 13.8 Å². The van der Waals surface area contributed by atoms with Crippen LogP contribution < -0.4 is 4.90 Å². The van der Waals surface area contributed by atoms with Crippen LogP contribution in [-0.2, 0) is 0 Å². The minimum atomic E-state index is 0.385. The molecule has 1 fully saturated rings. The molecule has 1 unspecified atom stereocenters. The Morgan fingerprint density at radius 2 is 2.22 bits per heavy atom. The molecule has 2 heterocycles. The molecule has 0 radical (unpaired) electrons. The molecule has 0 aromatic carbocycles. The SMILES string of the molecule is CC(C)CC1CCCCN1c1ccc(C#N)nn1. The molecule has 0 amide bonds. The average molecular weight is 244 g/mol. The van der Waals surface area contributed by atoms with E-state index in [4.69, 9.17) is 5.26 Å². The van der Waals surface area contributed by atoms with Gasteiger partial charge in [0.15, 0.2) is 11.5 Å². The average Bonchev–Trinajstić information content (AvgIpc) is 2.39. The van der Waals surface area contributed by atoms with Crippen LogP contribution >= 0.6 is 0 Å². The van der Waals surface area contributed by atoms with E-state index in [0.717, 1.165) is 12.4 Å². The van der Waals surface area contributed by atoms with Gasteiger partial charge in [-0.05, 0) is 43.7 Å². The van der Waals surface area contributed by atoms with Gasteiger partial charge in [0.05, 0.1) is 0 Å². The standard InChI is InChI=1S/C14H20N4/c1-11(2)9-13-5-3-4-8-18(13)14-7-6-12(10-15)16-17-14/h6-7,11,13H,3-5,8-9H2,1-2H3. The minimum absolute atomic E-state index is 0.385. The lowest BCUT2D eigenvalue weighted by Crippen LogP contribution is -2.41. The number of nitriles is 1. The molecule has 1 aromatic heterocycles. The van der Waals surface area contributed by atoms with Gasteiger partial charge >= 0.3 is 0 Å². The topological polar surface area (TPSA) is 52.8 Å². The summed E-state index contributed by atoms with van der Waals surface area (Å²) in [6.07, 6.45) is 4.95. The number of piperidine rings is 1. The van der Waals surface area contributed by atoms with Crippen LogP contribution in [0.3, 0.4) is 0 Å². The van der Waals surface area contributed by atoms with Gasteiger partial charge in [0, 0.05) is 12.6 Å². The van der Waals surface area contributed by atoms with E-state index in [0.29, 0.717) is 17.7 Å². The third-order valence-corrected chi connectivity index (χ3v) is 3.43. The Balaban J connectivity index is 2.14. The Labute approximate surface area is 109 Å². The molecule has 0 aliphatic carbocycles. The second-order valence-corrected chi connectivity index (χ2v) is 5.36. The number of rotatable bonds is 3. The summed E-state index contributed by atoms with van der Waals surface area (Å²) in [7, 11) is 0. The van der Waals surface area contributed by atoms with Crippen molar-refractivity contribution in [1.82, 2.24) is 10.2 Å². The third kappa shape index (κ3) is 2.98. The Kier molecular flexibility index (Phi) is 4.14. The van der Waals surface area contributed by atoms with Crippen LogP contribution in [0.4, 0.5) is 5.82 Å². The van der Waals surface area contributed by atoms with Gasteiger partial charge in [-0.3, -0.25) is 0 Å². The third-order valence-electron chi connectivity index (χ3n) is 3.43. The van der Waals surface area contributed by atoms with E-state index in [1.165, 1.54) is 25.7 Å². The zero-order valence-corrected chi connectivity index (χ0v) is 11.1. The normalized spacial score (nSPS) is 19.9. The maximum absolute atomic E-state index is 8.74. The first-order chi connectivity index (χ1) is 8.70. The molecular formula is C14H20N4. The summed E-state index contributed by atoms with van der Waals surface area (Å²) in [5.41, 5.74) is 0.385. The largest absolute Gasteiger partial charge is 0.352 e. The molecule has 4 nitrogen and oxygen atoms in total. The van der Waals surface area contributed by atoms with Crippen molar-refractivity contribution in [2.75, 3.05) is 11.4 Å². The second kappa shape index (κ2) is 5.81. The molecular weight excluding hydrogens is 224 g/mol. The molecule has 96 valence electrons. The van der Waals surface area contributed by atoms with Crippen LogP contribution in [0.25, 0.3) is 0 Å². The predicted molar refractivity (Wildman–Crippen MR) is 71.2 cm³/mol. The van der Waals surface area contributed by atoms with Crippen LogP contribution in [0.1, 0.15) is 45.2 Å². The fraction of sp³-hybridized carbons (Fsp3) is 0.643. The van der Waals surface area contributed by atoms with Crippen molar-refractivity contribution in [3.63, 3.8) is 0 Å². The summed E-state index contributed by atoms with van der Waals surface area (Å²) in [5, 5.41) is 16.9. The maximum Gasteiger partial charge on any atom is 0.163 e. The van der Waals surface area contributed by atoms with Crippen molar-refractivity contribution in [3.05, 3.63) is 17.8 Å². The fourth-order valence-electron chi connectivity index (χ4n) is 2.63. The highest BCUT2D eigenvalue weighted by molar-refractivity contribution is 5.40. The van der Waals surface area contributed by atoms with Crippen molar-refractivity contribution in [2.24, 2.45) is 5.92 Å². The predicted octanol–water partition coefficient (Wildman–Crippen LogP) is 2.75. The van der Waals surface area contributed by atoms with Crippen LogP contribution in [0.15, 0.2) is 12.1 Å². The van der Waals surface area contributed by atoms with E-state index in [2.05, 4.69) is 28.9 Å². The summed E-state index contributed by atoms with van der Waals surface area (Å²) in [6, 6.07) is 6.25. The molecule has 2 rings (SSSR count). The van der Waals surface area contributed by atoms with E-state index >= 15 is 0 Å². The summed E-state index contributed by atoms with van der Waals surface area (Å²) >= 11 is 0. The first-order valence-electron chi connectivity index (χ1n) is 6.71. The van der Waals surface area contributed by atoms with Gasteiger partial charge < -0.3 is 4.90 Å². The molecule has 4 heteroatoms. The van der Waals surface area contributed by atoms with Gasteiger partial charge in [0.25, 0.3) is 0 Å². The highest BCUT2D eigenvalue weighted by atomic mass is 15.3. The Hall–Kier alpha value is -1.63. The van der Waals surface area contributed by atoms with Crippen molar-refractivity contribution >= 4 is 5.82 Å². The lowest BCUT2D eigenvalue weighted by atomic mass is 9.94. The molecule has 0 N–H and O–H groups in total. The Morgan fingerprint density at radius 1 is 1.39 bits per heavy atom. The van der Waals surface area contributed by atoms with E-state index in [-0.39, 0.29) is 0 Å². The van der Waals surface area contributed by atoms with Gasteiger partial charge in [-0.2, -0.15) is 5.26 Å². The van der Waals surface area contributed by atoms with Crippen molar-refractivity contribution in [2.45, 2.75) is 45.6 Å². The highest BCUT2D eigenvalue weighted by Gasteiger charge is 2.24. The zero-order valence-electron chi connectivity index (χ0n) is 11.1. The van der Waals surface area contributed by atoms with Gasteiger partial charge in [0.1, 0.15) is 6.07 Å². The van der Waals surface area contributed by atoms with Crippen molar-refractivity contribution in [3.8, 4) is 6.07 Å². The molecule has 0 bridgehead atoms. The minimum Gasteiger partial charge on any atom is -0.352 e. The zero-order chi connectivity index (χ0) is 13.0. The summed E-state index contributed by atoms with van der Waals surface area (Å²) in [5.74, 6) is 1.61. The number of aromatic nitrogens is 2. The van der Waals surface area contributed by atoms with Crippen LogP contribution in [0.5, 0.6) is 0 Å². The summed E-state index contributed by atoms with van der Waals surface area (Å²) in [4.78, 5) is 2.36. The number of nitrogens with zero attached hydrogens (tertiary/aromatic N) is 4. The number of hydrogen-bond acceptors (Lipinski definition) is 4. The molecule has 0 spiro atoms. The molecule has 1 aliphatic rings. The van der Waals surface area contributed by atoms with Crippen LogP contribution in [0, 0.1) is 17.2 Å². The lowest BCUT2D eigenvalue weighted by Gasteiger charge is -2.37. The molecule has 1 saturated heterocycles. The van der Waals surface area contributed by atoms with Gasteiger partial charge in [-0.15, -0.1) is 10.2 Å². The highest BCUT2D eigenvalue weighted by Crippen LogP contribution is 2.26. The van der Waals surface area contributed by atoms with Crippen LogP contribution in [-0.4, -0.2) is 22.8 Å². The molecule has 0 saturated carbocycles. The smallest absolute Gasteiger partial charge is 0.163 e. The lowest BCUT2D eigenvalue weighted by molar-refractivity contribution is 0.390. The second-order valence-electron chi connectivity index (χ2n) is 5.36. The van der Waals surface area contributed by atoms with E-state index in [1.807, 2.05) is 12.1 Å². The first kappa shape index (κ1) is 12.8. The fourth-order valence-corrected chi connectivity index (χ4v) is 2.63. The quantitative estimate of drug-likeness (QED) is 0.820. The molecule has 1 atom stereocenters. The number of hydrogen-bond donors (Lipinski definition) is 0. The molecule has 18 heavy (non-hydrogen) atoms. The number of anilines is 1. The Morgan fingerprint density at radius 3 is 2.83 bits per heavy atom. The maximum atomic E-state index is 8.74. The molecule has 1 aliphatic heterocycles. The van der Waals surface area contributed by atoms with Crippen molar-refractivity contribution in [1.29, 1.82) is 5.26 Å².